The van der Waals surface area contributed by atoms with Crippen LogP contribution in [0.1, 0.15) is 40.7 Å². The van der Waals surface area contributed by atoms with E-state index in [1.54, 1.807) is 29.7 Å². The lowest BCUT2D eigenvalue weighted by Gasteiger charge is -2.29. The van der Waals surface area contributed by atoms with Crippen molar-refractivity contribution >= 4 is 11.8 Å². The molecule has 4 rings (SSSR count). The van der Waals surface area contributed by atoms with Gasteiger partial charge in [0.1, 0.15) is 5.82 Å². The lowest BCUT2D eigenvalue weighted by atomic mass is 9.89. The number of oxazole rings is 1. The molecule has 2 aromatic rings. The molecule has 0 unspecified atom stereocenters. The molecule has 142 valence electrons. The molecule has 0 bridgehead atoms. The van der Waals surface area contributed by atoms with E-state index < -0.39 is 0 Å². The van der Waals surface area contributed by atoms with Gasteiger partial charge >= 0.3 is 0 Å². The monoisotopic (exact) mass is 371 g/mol. The van der Waals surface area contributed by atoms with Crippen LogP contribution in [0.2, 0.25) is 0 Å². The maximum atomic E-state index is 13.8. The highest BCUT2D eigenvalue weighted by Crippen LogP contribution is 2.45. The number of aryl methyl sites for hydroxylation is 2. The number of benzene rings is 1. The third-order valence-corrected chi connectivity index (χ3v) is 5.64. The molecule has 0 spiro atoms. The largest absolute Gasteiger partial charge is 0.436 e. The predicted octanol–water partition coefficient (Wildman–Crippen LogP) is 2.72. The molecule has 2 fully saturated rings. The summed E-state index contributed by atoms with van der Waals surface area (Å²) in [5.74, 6) is 0.458. The molecule has 2 aliphatic rings. The second-order valence-electron chi connectivity index (χ2n) is 7.45. The Labute approximate surface area is 157 Å². The first-order chi connectivity index (χ1) is 12.8. The molecule has 6 nitrogen and oxygen atoms in total. The Morgan fingerprint density at radius 2 is 2.00 bits per heavy atom. The van der Waals surface area contributed by atoms with Gasteiger partial charge in [-0.25, -0.2) is 9.37 Å². The van der Waals surface area contributed by atoms with Crippen molar-refractivity contribution in [2.45, 2.75) is 26.8 Å². The Balaban J connectivity index is 1.61. The Morgan fingerprint density at radius 3 is 2.63 bits per heavy atom. The number of carbonyl (C=O) groups excluding carboxylic acids is 2. The fourth-order valence-corrected chi connectivity index (χ4v) is 4.53. The highest BCUT2D eigenvalue weighted by molar-refractivity contribution is 5.92. The fraction of sp³-hybridized carbons (Fsp3) is 0.450. The Bertz CT molecular complexity index is 910. The van der Waals surface area contributed by atoms with Gasteiger partial charge in [-0.3, -0.25) is 9.59 Å². The maximum Gasteiger partial charge on any atom is 0.291 e. The van der Waals surface area contributed by atoms with Gasteiger partial charge in [0.05, 0.1) is 11.7 Å². The Kier molecular flexibility index (Phi) is 4.25. The summed E-state index contributed by atoms with van der Waals surface area (Å²) in [6, 6.07) is 6.17. The lowest BCUT2D eigenvalue weighted by Crippen LogP contribution is -2.36. The summed E-state index contributed by atoms with van der Waals surface area (Å²) in [6.45, 7) is 6.64. The van der Waals surface area contributed by atoms with E-state index in [2.05, 4.69) is 4.98 Å². The number of likely N-dealkylation sites (tertiary alicyclic amines) is 2. The quantitative estimate of drug-likeness (QED) is 0.814. The zero-order valence-corrected chi connectivity index (χ0v) is 15.6. The summed E-state index contributed by atoms with van der Waals surface area (Å²) in [5.41, 5.74) is 1.36. The van der Waals surface area contributed by atoms with Gasteiger partial charge < -0.3 is 14.2 Å². The molecule has 2 aliphatic heterocycles. The molecule has 27 heavy (non-hydrogen) atoms. The van der Waals surface area contributed by atoms with Gasteiger partial charge in [-0.05, 0) is 24.6 Å². The van der Waals surface area contributed by atoms with Crippen LogP contribution in [0.25, 0.3) is 0 Å². The number of aromatic nitrogens is 1. The van der Waals surface area contributed by atoms with Crippen molar-refractivity contribution in [1.82, 2.24) is 14.8 Å². The maximum absolute atomic E-state index is 13.8. The van der Waals surface area contributed by atoms with E-state index in [0.29, 0.717) is 31.2 Å². The van der Waals surface area contributed by atoms with E-state index in [-0.39, 0.29) is 41.3 Å². The number of halogens is 1. The fourth-order valence-electron chi connectivity index (χ4n) is 4.53. The van der Waals surface area contributed by atoms with E-state index in [0.717, 1.165) is 5.56 Å². The molecule has 3 atom stereocenters. The summed E-state index contributed by atoms with van der Waals surface area (Å²) in [7, 11) is 0. The van der Waals surface area contributed by atoms with Gasteiger partial charge in [0, 0.05) is 45.3 Å². The number of nitrogens with zero attached hydrogens (tertiary/aromatic N) is 3. The molecule has 0 radical (unpaired) electrons. The van der Waals surface area contributed by atoms with Gasteiger partial charge in [-0.1, -0.05) is 12.1 Å². The van der Waals surface area contributed by atoms with Gasteiger partial charge in [-0.15, -0.1) is 0 Å². The van der Waals surface area contributed by atoms with Crippen molar-refractivity contribution in [2.75, 3.05) is 19.6 Å². The molecule has 3 heterocycles. The first-order valence-corrected chi connectivity index (χ1v) is 9.11. The molecule has 2 amide bonds. The summed E-state index contributed by atoms with van der Waals surface area (Å²) in [4.78, 5) is 32.8. The van der Waals surface area contributed by atoms with E-state index >= 15 is 0 Å². The van der Waals surface area contributed by atoms with Crippen molar-refractivity contribution in [1.29, 1.82) is 0 Å². The molecule has 0 aliphatic carbocycles. The topological polar surface area (TPSA) is 66.7 Å². The number of carbonyl (C=O) groups is 2. The number of fused-ring (bicyclic) bond motifs is 1. The van der Waals surface area contributed by atoms with Crippen molar-refractivity contribution in [2.24, 2.45) is 11.8 Å². The number of hydrogen-bond donors (Lipinski definition) is 0. The van der Waals surface area contributed by atoms with Gasteiger partial charge in [-0.2, -0.15) is 0 Å². The smallest absolute Gasteiger partial charge is 0.291 e. The minimum absolute atomic E-state index is 0.0294. The van der Waals surface area contributed by atoms with Crippen LogP contribution in [-0.2, 0) is 4.79 Å². The van der Waals surface area contributed by atoms with E-state index in [4.69, 9.17) is 4.42 Å². The molecule has 1 aromatic carbocycles. The molecule has 2 saturated heterocycles. The van der Waals surface area contributed by atoms with Crippen LogP contribution >= 0.6 is 0 Å². The van der Waals surface area contributed by atoms with Crippen LogP contribution in [0.4, 0.5) is 4.39 Å². The summed E-state index contributed by atoms with van der Waals surface area (Å²) in [6.07, 6.45) is 0. The average Bonchev–Trinajstić information content (AvgIpc) is 3.25. The third kappa shape index (κ3) is 3.01. The van der Waals surface area contributed by atoms with Gasteiger partial charge in [0.15, 0.2) is 5.89 Å². The van der Waals surface area contributed by atoms with E-state index in [1.165, 1.54) is 19.1 Å². The molecular formula is C20H22FN3O3. The minimum atomic E-state index is -0.321. The predicted molar refractivity (Wildman–Crippen MR) is 95.4 cm³/mol. The molecule has 1 aromatic heterocycles. The van der Waals surface area contributed by atoms with Crippen molar-refractivity contribution in [3.05, 3.63) is 53.0 Å². The molecule has 0 saturated carbocycles. The summed E-state index contributed by atoms with van der Waals surface area (Å²) >= 11 is 0. The SMILES string of the molecule is CC(=O)N1C[C@H]2CN(C(=O)c3oc(C)nc3C)C[C@H]2[C@@H]1c1cccc(F)c1. The Hall–Kier alpha value is -2.70. The van der Waals surface area contributed by atoms with Crippen LogP contribution in [-0.4, -0.2) is 46.2 Å². The first-order valence-electron chi connectivity index (χ1n) is 9.11. The second-order valence-corrected chi connectivity index (χ2v) is 7.45. The second kappa shape index (κ2) is 6.48. The van der Waals surface area contributed by atoms with Crippen LogP contribution in [0, 0.1) is 31.5 Å². The van der Waals surface area contributed by atoms with E-state index in [1.807, 2.05) is 6.07 Å². The van der Waals surface area contributed by atoms with E-state index in [9.17, 15) is 14.0 Å². The van der Waals surface area contributed by atoms with Crippen LogP contribution in [0.3, 0.4) is 0 Å². The number of rotatable bonds is 2. The average molecular weight is 371 g/mol. The lowest BCUT2D eigenvalue weighted by molar-refractivity contribution is -0.130. The van der Waals surface area contributed by atoms with Crippen LogP contribution < -0.4 is 0 Å². The van der Waals surface area contributed by atoms with Crippen LogP contribution in [0.15, 0.2) is 28.7 Å². The van der Waals surface area contributed by atoms with Crippen LogP contribution in [0.5, 0.6) is 0 Å². The summed E-state index contributed by atoms with van der Waals surface area (Å²) < 4.78 is 19.3. The van der Waals surface area contributed by atoms with Gasteiger partial charge in [0.2, 0.25) is 11.7 Å². The number of hydrogen-bond acceptors (Lipinski definition) is 4. The van der Waals surface area contributed by atoms with Gasteiger partial charge in [0.25, 0.3) is 5.91 Å². The highest BCUT2D eigenvalue weighted by atomic mass is 19.1. The molecule has 7 heteroatoms. The number of amides is 2. The van der Waals surface area contributed by atoms with Crippen molar-refractivity contribution in [3.63, 3.8) is 0 Å². The Morgan fingerprint density at radius 1 is 1.22 bits per heavy atom. The first kappa shape index (κ1) is 17.7. The zero-order valence-electron chi connectivity index (χ0n) is 15.6. The zero-order chi connectivity index (χ0) is 19.3. The van der Waals surface area contributed by atoms with Crippen molar-refractivity contribution < 1.29 is 18.4 Å². The van der Waals surface area contributed by atoms with Crippen molar-refractivity contribution in [3.8, 4) is 0 Å². The molecule has 0 N–H and O–H groups in total. The normalized spacial score (nSPS) is 24.4. The summed E-state index contributed by atoms with van der Waals surface area (Å²) in [5, 5.41) is 0. The highest BCUT2D eigenvalue weighted by Gasteiger charge is 2.50. The minimum Gasteiger partial charge on any atom is -0.436 e. The standard InChI is InChI=1S/C20H22FN3O3/c1-11-19(27-12(2)22-11)20(26)23-8-15-9-24(13(3)25)18(17(15)10-23)14-5-4-6-16(21)7-14/h4-7,15,17-18H,8-10H2,1-3H3/t15-,17-,18+/m1/s1. The molecular weight excluding hydrogens is 349 g/mol. The third-order valence-electron chi connectivity index (χ3n) is 5.64.